The van der Waals surface area contributed by atoms with Gasteiger partial charge >= 0.3 is 0 Å². The first-order valence-electron chi connectivity index (χ1n) is 7.00. The Balaban J connectivity index is 1.47. The van der Waals surface area contributed by atoms with Crippen molar-refractivity contribution in [1.82, 2.24) is 20.4 Å². The van der Waals surface area contributed by atoms with Gasteiger partial charge in [-0.25, -0.2) is 4.98 Å². The highest BCUT2D eigenvalue weighted by molar-refractivity contribution is 5.38. The van der Waals surface area contributed by atoms with Crippen molar-refractivity contribution in [3.63, 3.8) is 0 Å². The van der Waals surface area contributed by atoms with E-state index in [1.807, 2.05) is 25.3 Å². The van der Waals surface area contributed by atoms with E-state index in [2.05, 4.69) is 31.4 Å². The predicted molar refractivity (Wildman–Crippen MR) is 75.3 cm³/mol. The Morgan fingerprint density at radius 3 is 2.85 bits per heavy atom. The molecule has 0 saturated carbocycles. The van der Waals surface area contributed by atoms with Crippen LogP contribution in [0.15, 0.2) is 28.9 Å². The SMILES string of the molecule is Cc1noc(CNC2CCN(c3ccccn3)CC2)n1. The highest BCUT2D eigenvalue weighted by Gasteiger charge is 2.20. The molecule has 0 radical (unpaired) electrons. The molecule has 0 unspecified atom stereocenters. The van der Waals surface area contributed by atoms with Gasteiger partial charge in [-0.3, -0.25) is 0 Å². The van der Waals surface area contributed by atoms with Crippen LogP contribution in [0.4, 0.5) is 5.82 Å². The van der Waals surface area contributed by atoms with Crippen LogP contribution < -0.4 is 10.2 Å². The average Bonchev–Trinajstić information content (AvgIpc) is 2.92. The third-order valence-electron chi connectivity index (χ3n) is 3.58. The summed E-state index contributed by atoms with van der Waals surface area (Å²) in [7, 11) is 0. The number of anilines is 1. The van der Waals surface area contributed by atoms with Crippen molar-refractivity contribution >= 4 is 5.82 Å². The van der Waals surface area contributed by atoms with E-state index in [0.29, 0.717) is 24.3 Å². The number of pyridine rings is 1. The van der Waals surface area contributed by atoms with Crippen LogP contribution in [-0.2, 0) is 6.54 Å². The molecule has 1 fully saturated rings. The van der Waals surface area contributed by atoms with Crippen LogP contribution in [-0.4, -0.2) is 34.3 Å². The van der Waals surface area contributed by atoms with E-state index in [1.54, 1.807) is 0 Å². The maximum atomic E-state index is 5.10. The lowest BCUT2D eigenvalue weighted by molar-refractivity contribution is 0.339. The highest BCUT2D eigenvalue weighted by Crippen LogP contribution is 2.17. The smallest absolute Gasteiger partial charge is 0.240 e. The lowest BCUT2D eigenvalue weighted by Gasteiger charge is -2.33. The van der Waals surface area contributed by atoms with Crippen LogP contribution in [0.3, 0.4) is 0 Å². The number of aromatic nitrogens is 3. The second-order valence-electron chi connectivity index (χ2n) is 5.07. The summed E-state index contributed by atoms with van der Waals surface area (Å²) in [5.41, 5.74) is 0. The second-order valence-corrected chi connectivity index (χ2v) is 5.07. The monoisotopic (exact) mass is 273 g/mol. The second kappa shape index (κ2) is 6.00. The largest absolute Gasteiger partial charge is 0.357 e. The standard InChI is InChI=1S/C14H19N5O/c1-11-17-14(20-18-11)10-16-12-5-8-19(9-6-12)13-4-2-3-7-15-13/h2-4,7,12,16H,5-6,8-10H2,1H3. The van der Waals surface area contributed by atoms with Gasteiger partial charge in [-0.05, 0) is 31.9 Å². The van der Waals surface area contributed by atoms with Crippen molar-refractivity contribution < 1.29 is 4.52 Å². The van der Waals surface area contributed by atoms with Crippen LogP contribution in [0.2, 0.25) is 0 Å². The molecular formula is C14H19N5O. The number of piperidine rings is 1. The van der Waals surface area contributed by atoms with Crippen LogP contribution in [0.1, 0.15) is 24.6 Å². The summed E-state index contributed by atoms with van der Waals surface area (Å²) >= 11 is 0. The molecule has 3 rings (SSSR count). The zero-order valence-electron chi connectivity index (χ0n) is 11.6. The van der Waals surface area contributed by atoms with Crippen molar-refractivity contribution in [3.05, 3.63) is 36.1 Å². The number of aryl methyl sites for hydroxylation is 1. The third kappa shape index (κ3) is 3.14. The maximum absolute atomic E-state index is 5.10. The van der Waals surface area contributed by atoms with Crippen LogP contribution >= 0.6 is 0 Å². The Hall–Kier alpha value is -1.95. The molecule has 0 spiro atoms. The van der Waals surface area contributed by atoms with E-state index in [4.69, 9.17) is 4.52 Å². The van der Waals surface area contributed by atoms with Gasteiger partial charge in [0.25, 0.3) is 0 Å². The molecule has 2 aromatic heterocycles. The molecule has 1 aliphatic rings. The molecule has 6 nitrogen and oxygen atoms in total. The Kier molecular flexibility index (Phi) is 3.92. The Bertz CT molecular complexity index is 534. The van der Waals surface area contributed by atoms with E-state index in [0.717, 1.165) is 31.7 Å². The number of hydrogen-bond acceptors (Lipinski definition) is 6. The van der Waals surface area contributed by atoms with Gasteiger partial charge in [-0.2, -0.15) is 4.98 Å². The van der Waals surface area contributed by atoms with E-state index in [9.17, 15) is 0 Å². The van der Waals surface area contributed by atoms with Gasteiger partial charge in [0.05, 0.1) is 6.54 Å². The van der Waals surface area contributed by atoms with E-state index in [1.165, 1.54) is 0 Å². The van der Waals surface area contributed by atoms with Gasteiger partial charge in [0, 0.05) is 25.3 Å². The van der Waals surface area contributed by atoms with Gasteiger partial charge in [0.1, 0.15) is 5.82 Å². The van der Waals surface area contributed by atoms with Crippen molar-refractivity contribution in [2.24, 2.45) is 0 Å². The fraction of sp³-hybridized carbons (Fsp3) is 0.500. The summed E-state index contributed by atoms with van der Waals surface area (Å²) < 4.78 is 5.10. The first kappa shape index (κ1) is 13.1. The Labute approximate surface area is 118 Å². The first-order valence-corrected chi connectivity index (χ1v) is 7.00. The molecule has 1 aliphatic heterocycles. The quantitative estimate of drug-likeness (QED) is 0.911. The fourth-order valence-electron chi connectivity index (χ4n) is 2.50. The third-order valence-corrected chi connectivity index (χ3v) is 3.58. The van der Waals surface area contributed by atoms with Gasteiger partial charge in [0.15, 0.2) is 5.82 Å². The van der Waals surface area contributed by atoms with E-state index < -0.39 is 0 Å². The molecule has 106 valence electrons. The van der Waals surface area contributed by atoms with Gasteiger partial charge < -0.3 is 14.7 Å². The first-order chi connectivity index (χ1) is 9.81. The molecule has 0 atom stereocenters. The Morgan fingerprint density at radius 2 is 2.20 bits per heavy atom. The molecule has 0 bridgehead atoms. The van der Waals surface area contributed by atoms with Crippen LogP contribution in [0.25, 0.3) is 0 Å². The lowest BCUT2D eigenvalue weighted by Crippen LogP contribution is -2.42. The Morgan fingerprint density at radius 1 is 1.35 bits per heavy atom. The van der Waals surface area contributed by atoms with E-state index in [-0.39, 0.29) is 0 Å². The van der Waals surface area contributed by atoms with Crippen molar-refractivity contribution in [2.45, 2.75) is 32.4 Å². The summed E-state index contributed by atoms with van der Waals surface area (Å²) in [4.78, 5) is 10.9. The zero-order chi connectivity index (χ0) is 13.8. The topological polar surface area (TPSA) is 67.1 Å². The predicted octanol–water partition coefficient (Wildman–Crippen LogP) is 1.53. The lowest BCUT2D eigenvalue weighted by atomic mass is 10.1. The molecule has 0 amide bonds. The molecule has 6 heteroatoms. The van der Waals surface area contributed by atoms with Gasteiger partial charge in [0.2, 0.25) is 5.89 Å². The van der Waals surface area contributed by atoms with Gasteiger partial charge in [-0.15, -0.1) is 0 Å². The summed E-state index contributed by atoms with van der Waals surface area (Å²) in [6, 6.07) is 6.55. The summed E-state index contributed by atoms with van der Waals surface area (Å²) in [6.07, 6.45) is 4.05. The molecule has 1 saturated heterocycles. The minimum absolute atomic E-state index is 0.502. The number of hydrogen-bond donors (Lipinski definition) is 1. The number of rotatable bonds is 4. The molecule has 0 aliphatic carbocycles. The molecule has 3 heterocycles. The minimum atomic E-state index is 0.502. The average molecular weight is 273 g/mol. The van der Waals surface area contributed by atoms with Crippen LogP contribution in [0, 0.1) is 6.92 Å². The molecule has 20 heavy (non-hydrogen) atoms. The summed E-state index contributed by atoms with van der Waals surface area (Å²) in [5.74, 6) is 2.42. The zero-order valence-corrected chi connectivity index (χ0v) is 11.6. The number of nitrogens with one attached hydrogen (secondary N) is 1. The number of nitrogens with zero attached hydrogens (tertiary/aromatic N) is 4. The molecule has 1 N–H and O–H groups in total. The summed E-state index contributed by atoms with van der Waals surface area (Å²) in [6.45, 7) is 4.53. The maximum Gasteiger partial charge on any atom is 0.240 e. The minimum Gasteiger partial charge on any atom is -0.357 e. The van der Waals surface area contributed by atoms with Crippen molar-refractivity contribution in [3.8, 4) is 0 Å². The van der Waals surface area contributed by atoms with Crippen molar-refractivity contribution in [2.75, 3.05) is 18.0 Å². The van der Waals surface area contributed by atoms with Gasteiger partial charge in [-0.1, -0.05) is 11.2 Å². The fourth-order valence-corrected chi connectivity index (χ4v) is 2.50. The molecule has 2 aromatic rings. The molecular weight excluding hydrogens is 254 g/mol. The van der Waals surface area contributed by atoms with Crippen molar-refractivity contribution in [1.29, 1.82) is 0 Å². The van der Waals surface area contributed by atoms with E-state index >= 15 is 0 Å². The normalized spacial score (nSPS) is 16.6. The molecule has 0 aromatic carbocycles. The van der Waals surface area contributed by atoms with Crippen LogP contribution in [0.5, 0.6) is 0 Å². The summed E-state index contributed by atoms with van der Waals surface area (Å²) in [5, 5.41) is 7.27. The highest BCUT2D eigenvalue weighted by atomic mass is 16.5.